The van der Waals surface area contributed by atoms with Crippen LogP contribution in [0.25, 0.3) is 22.2 Å². The number of ether oxygens (including phenoxy) is 1. The minimum absolute atomic E-state index is 0.202. The van der Waals surface area contributed by atoms with Crippen molar-refractivity contribution in [2.24, 2.45) is 0 Å². The molecular weight excluding hydrogens is 414 g/mol. The topological polar surface area (TPSA) is 71.4 Å². The number of hydrogen-bond acceptors (Lipinski definition) is 6. The van der Waals surface area contributed by atoms with Gasteiger partial charge in [0.05, 0.1) is 30.6 Å². The molecule has 162 valence electrons. The average molecular weight is 434 g/mol. The Morgan fingerprint density at radius 1 is 0.969 bits per heavy atom. The number of morpholine rings is 1. The number of aromatic nitrogens is 3. The van der Waals surface area contributed by atoms with Crippen molar-refractivity contribution in [2.75, 3.05) is 31.2 Å². The Bertz CT molecular complexity index is 1290. The summed E-state index contributed by atoms with van der Waals surface area (Å²) in [7, 11) is 0. The van der Waals surface area contributed by atoms with Crippen molar-refractivity contribution in [3.63, 3.8) is 0 Å². The third-order valence-corrected chi connectivity index (χ3v) is 5.63. The van der Waals surface area contributed by atoms with Crippen LogP contribution in [0.15, 0.2) is 55.1 Å². The van der Waals surface area contributed by atoms with Crippen molar-refractivity contribution in [3.05, 3.63) is 77.9 Å². The maximum absolute atomic E-state index is 14.8. The molecule has 5 rings (SSSR count). The van der Waals surface area contributed by atoms with Crippen molar-refractivity contribution in [3.8, 4) is 17.0 Å². The van der Waals surface area contributed by atoms with Gasteiger partial charge in [-0.25, -0.2) is 18.7 Å². The second kappa shape index (κ2) is 8.47. The van der Waals surface area contributed by atoms with Crippen LogP contribution in [0.1, 0.15) is 11.1 Å². The number of anilines is 1. The van der Waals surface area contributed by atoms with E-state index in [0.717, 1.165) is 35.9 Å². The van der Waals surface area contributed by atoms with E-state index in [4.69, 9.17) is 4.74 Å². The number of benzene rings is 2. The molecule has 0 aliphatic carbocycles. The number of halogens is 2. The van der Waals surface area contributed by atoms with E-state index in [1.165, 1.54) is 18.6 Å². The fraction of sp³-hybridized carbons (Fsp3) is 0.208. The summed E-state index contributed by atoms with van der Waals surface area (Å²) < 4.78 is 33.9. The quantitative estimate of drug-likeness (QED) is 0.522. The monoisotopic (exact) mass is 434 g/mol. The van der Waals surface area contributed by atoms with Crippen LogP contribution in [0.3, 0.4) is 0 Å². The van der Waals surface area contributed by atoms with Gasteiger partial charge in [0.2, 0.25) is 0 Å². The first-order valence-corrected chi connectivity index (χ1v) is 10.3. The van der Waals surface area contributed by atoms with Crippen molar-refractivity contribution in [2.45, 2.75) is 6.42 Å². The molecule has 1 N–H and O–H groups in total. The third-order valence-electron chi connectivity index (χ3n) is 5.63. The Morgan fingerprint density at radius 3 is 2.66 bits per heavy atom. The molecule has 2 aromatic heterocycles. The molecule has 6 nitrogen and oxygen atoms in total. The summed E-state index contributed by atoms with van der Waals surface area (Å²) in [6, 6.07) is 10.5. The molecule has 0 atom stereocenters. The summed E-state index contributed by atoms with van der Waals surface area (Å²) in [6.45, 7) is 2.98. The van der Waals surface area contributed by atoms with Crippen molar-refractivity contribution >= 4 is 16.6 Å². The molecule has 0 spiro atoms. The standard InChI is InChI=1S/C24H20F2N4O2/c25-20-4-1-15(9-16-12-27-13-21(26)24(16)31)10-19(20)23-18-3-2-17(11-22(18)28-14-29-23)30-5-7-32-8-6-30/h1-4,10-14H,5-9H2,(H,27,31). The van der Waals surface area contributed by atoms with Crippen LogP contribution in [0.4, 0.5) is 14.5 Å². The average Bonchev–Trinajstić information content (AvgIpc) is 2.83. The van der Waals surface area contributed by atoms with E-state index in [9.17, 15) is 13.9 Å². The van der Waals surface area contributed by atoms with Crippen LogP contribution < -0.4 is 4.90 Å². The molecular formula is C24H20F2N4O2. The molecule has 0 bridgehead atoms. The number of pyridine rings is 1. The predicted octanol–water partition coefficient (Wildman–Crippen LogP) is 4.10. The van der Waals surface area contributed by atoms with E-state index in [1.54, 1.807) is 12.1 Å². The highest BCUT2D eigenvalue weighted by Gasteiger charge is 2.16. The van der Waals surface area contributed by atoms with E-state index < -0.39 is 17.4 Å². The first-order chi connectivity index (χ1) is 15.6. The summed E-state index contributed by atoms with van der Waals surface area (Å²) in [4.78, 5) is 14.8. The number of rotatable bonds is 4. The summed E-state index contributed by atoms with van der Waals surface area (Å²) in [5.41, 5.74) is 3.57. The lowest BCUT2D eigenvalue weighted by Gasteiger charge is -2.29. The van der Waals surface area contributed by atoms with Crippen molar-refractivity contribution < 1.29 is 18.6 Å². The molecule has 8 heteroatoms. The molecule has 1 fully saturated rings. The van der Waals surface area contributed by atoms with Gasteiger partial charge in [-0.15, -0.1) is 0 Å². The van der Waals surface area contributed by atoms with E-state index in [0.29, 0.717) is 35.6 Å². The lowest BCUT2D eigenvalue weighted by atomic mass is 9.99. The Hall–Kier alpha value is -3.65. The molecule has 1 saturated heterocycles. The lowest BCUT2D eigenvalue weighted by molar-refractivity contribution is 0.122. The normalized spacial score (nSPS) is 14.1. The molecule has 1 aliphatic rings. The Balaban J connectivity index is 1.53. The van der Waals surface area contributed by atoms with Crippen LogP contribution in [0, 0.1) is 11.6 Å². The Labute approximate surface area is 183 Å². The summed E-state index contributed by atoms with van der Waals surface area (Å²) in [5.74, 6) is -1.66. The van der Waals surface area contributed by atoms with Gasteiger partial charge in [-0.1, -0.05) is 6.07 Å². The SMILES string of the molecule is Oc1c(F)cncc1Cc1ccc(F)c(-c2ncnc3cc(N4CCOCC4)ccc23)c1. The number of nitrogens with zero attached hydrogens (tertiary/aromatic N) is 4. The minimum Gasteiger partial charge on any atom is -0.505 e. The van der Waals surface area contributed by atoms with Gasteiger partial charge in [-0.05, 0) is 35.9 Å². The second-order valence-electron chi connectivity index (χ2n) is 7.64. The van der Waals surface area contributed by atoms with Gasteiger partial charge in [-0.2, -0.15) is 0 Å². The largest absolute Gasteiger partial charge is 0.505 e. The molecule has 32 heavy (non-hydrogen) atoms. The van der Waals surface area contributed by atoms with Crippen LogP contribution in [-0.4, -0.2) is 46.4 Å². The molecule has 0 radical (unpaired) electrons. The van der Waals surface area contributed by atoms with Crippen molar-refractivity contribution in [1.82, 2.24) is 15.0 Å². The van der Waals surface area contributed by atoms with E-state index >= 15 is 0 Å². The van der Waals surface area contributed by atoms with Crippen molar-refractivity contribution in [1.29, 1.82) is 0 Å². The smallest absolute Gasteiger partial charge is 0.183 e. The zero-order chi connectivity index (χ0) is 22.1. The summed E-state index contributed by atoms with van der Waals surface area (Å²) in [6.07, 6.45) is 3.98. The molecule has 0 saturated carbocycles. The highest BCUT2D eigenvalue weighted by atomic mass is 19.1. The van der Waals surface area contributed by atoms with Gasteiger partial charge >= 0.3 is 0 Å². The number of aromatic hydroxyl groups is 1. The van der Waals surface area contributed by atoms with Gasteiger partial charge < -0.3 is 14.7 Å². The van der Waals surface area contributed by atoms with Gasteiger partial charge in [0.15, 0.2) is 11.6 Å². The second-order valence-corrected chi connectivity index (χ2v) is 7.64. The molecule has 2 aromatic carbocycles. The predicted molar refractivity (Wildman–Crippen MR) is 117 cm³/mol. The number of fused-ring (bicyclic) bond motifs is 1. The summed E-state index contributed by atoms with van der Waals surface area (Å²) >= 11 is 0. The first-order valence-electron chi connectivity index (χ1n) is 10.3. The van der Waals surface area contributed by atoms with Gasteiger partial charge in [0, 0.05) is 47.9 Å². The van der Waals surface area contributed by atoms with Gasteiger partial charge in [-0.3, -0.25) is 4.98 Å². The molecule has 1 aliphatic heterocycles. The highest BCUT2D eigenvalue weighted by Crippen LogP contribution is 2.32. The molecule has 0 amide bonds. The zero-order valence-corrected chi connectivity index (χ0v) is 17.1. The van der Waals surface area contributed by atoms with Crippen LogP contribution in [-0.2, 0) is 11.2 Å². The summed E-state index contributed by atoms with van der Waals surface area (Å²) in [5, 5.41) is 10.7. The number of hydrogen-bond donors (Lipinski definition) is 1. The molecule has 4 aromatic rings. The van der Waals surface area contributed by atoms with Crippen LogP contribution in [0.2, 0.25) is 0 Å². The zero-order valence-electron chi connectivity index (χ0n) is 17.1. The fourth-order valence-corrected chi connectivity index (χ4v) is 3.96. The lowest BCUT2D eigenvalue weighted by Crippen LogP contribution is -2.36. The third kappa shape index (κ3) is 3.85. The van der Waals surface area contributed by atoms with Gasteiger partial charge in [0.1, 0.15) is 12.1 Å². The maximum Gasteiger partial charge on any atom is 0.183 e. The Kier molecular flexibility index (Phi) is 5.36. The highest BCUT2D eigenvalue weighted by molar-refractivity contribution is 5.94. The maximum atomic E-state index is 14.8. The van der Waals surface area contributed by atoms with Gasteiger partial charge in [0.25, 0.3) is 0 Å². The van der Waals surface area contributed by atoms with E-state index in [2.05, 4.69) is 19.9 Å². The Morgan fingerprint density at radius 2 is 1.81 bits per heavy atom. The molecule has 0 unspecified atom stereocenters. The van der Waals surface area contributed by atoms with E-state index in [-0.39, 0.29) is 6.42 Å². The minimum atomic E-state index is -0.789. The molecule has 3 heterocycles. The first kappa shape index (κ1) is 20.3. The van der Waals surface area contributed by atoms with Crippen LogP contribution >= 0.6 is 0 Å². The fourth-order valence-electron chi connectivity index (χ4n) is 3.96. The van der Waals surface area contributed by atoms with E-state index in [1.807, 2.05) is 18.2 Å². The van der Waals surface area contributed by atoms with Crippen LogP contribution in [0.5, 0.6) is 5.75 Å².